The number of ether oxygens (including phenoxy) is 4. The second kappa shape index (κ2) is 20.3. The Balaban J connectivity index is 0.000000200. The van der Waals surface area contributed by atoms with E-state index in [0.717, 1.165) is 52.3 Å². The van der Waals surface area contributed by atoms with E-state index in [2.05, 4.69) is 30.3 Å². The van der Waals surface area contributed by atoms with Gasteiger partial charge >= 0.3 is 5.97 Å². The van der Waals surface area contributed by atoms with Crippen molar-refractivity contribution in [1.82, 2.24) is 0 Å². The molecule has 0 amide bonds. The highest BCUT2D eigenvalue weighted by Gasteiger charge is 2.18. The standard InChI is InChI=1S/C24H30O4.C20H24O2/c1-2-26-24(25)18-28-23-14-13-22(27-17-20-11-7-4-8-12-20)16-21(23)15-19-9-5-3-6-10-19;21-20-12-11-19(22-15-17-9-5-2-6-10-17)14-18(20)13-16-7-3-1-4-8-16/h4,7-8,11-14,16,19H,2-3,5-6,9-10,15,17-18H2,1H3;2,5-6,9-12,14,16,21H,1,3-4,7-8,13,15H2. The van der Waals surface area contributed by atoms with Gasteiger partial charge in [-0.05, 0) is 90.3 Å². The molecule has 6 nitrogen and oxygen atoms in total. The van der Waals surface area contributed by atoms with Crippen molar-refractivity contribution >= 4 is 5.97 Å². The van der Waals surface area contributed by atoms with Crippen molar-refractivity contribution in [2.45, 2.75) is 97.2 Å². The Morgan fingerprint density at radius 3 is 1.66 bits per heavy atom. The number of rotatable bonds is 14. The van der Waals surface area contributed by atoms with Gasteiger partial charge in [0.2, 0.25) is 0 Å². The molecular formula is C44H54O6. The number of esters is 1. The van der Waals surface area contributed by atoms with Gasteiger partial charge in [-0.1, -0.05) is 125 Å². The summed E-state index contributed by atoms with van der Waals surface area (Å²) in [6, 6.07) is 31.8. The lowest BCUT2D eigenvalue weighted by Crippen LogP contribution is -2.16. The van der Waals surface area contributed by atoms with Gasteiger partial charge in [-0.15, -0.1) is 0 Å². The van der Waals surface area contributed by atoms with Gasteiger partial charge in [-0.3, -0.25) is 0 Å². The van der Waals surface area contributed by atoms with Crippen LogP contribution < -0.4 is 14.2 Å². The Kier molecular flexibility index (Phi) is 14.9. The molecule has 6 heteroatoms. The minimum Gasteiger partial charge on any atom is -0.508 e. The van der Waals surface area contributed by atoms with Crippen molar-refractivity contribution in [3.05, 3.63) is 119 Å². The normalized spacial score (nSPS) is 15.0. The van der Waals surface area contributed by atoms with Crippen LogP contribution in [-0.2, 0) is 35.6 Å². The zero-order chi connectivity index (χ0) is 34.8. The molecule has 0 spiro atoms. The number of benzene rings is 4. The summed E-state index contributed by atoms with van der Waals surface area (Å²) in [5.74, 6) is 3.87. The quantitative estimate of drug-likeness (QED) is 0.134. The summed E-state index contributed by atoms with van der Waals surface area (Å²) < 4.78 is 22.6. The first kappa shape index (κ1) is 36.8. The summed E-state index contributed by atoms with van der Waals surface area (Å²) in [7, 11) is 0. The highest BCUT2D eigenvalue weighted by molar-refractivity contribution is 5.71. The third-order valence-electron chi connectivity index (χ3n) is 9.70. The van der Waals surface area contributed by atoms with Gasteiger partial charge in [0.15, 0.2) is 6.61 Å². The third kappa shape index (κ3) is 12.5. The van der Waals surface area contributed by atoms with E-state index in [0.29, 0.717) is 37.4 Å². The van der Waals surface area contributed by atoms with Crippen LogP contribution in [0.5, 0.6) is 23.0 Å². The van der Waals surface area contributed by atoms with Crippen molar-refractivity contribution in [3.8, 4) is 23.0 Å². The average molecular weight is 679 g/mol. The molecule has 2 saturated carbocycles. The maximum absolute atomic E-state index is 11.7. The first-order valence-electron chi connectivity index (χ1n) is 18.6. The Hall–Kier alpha value is -4.45. The number of aromatic hydroxyl groups is 1. The predicted molar refractivity (Wildman–Crippen MR) is 199 cm³/mol. The van der Waals surface area contributed by atoms with E-state index in [-0.39, 0.29) is 12.6 Å². The number of phenols is 1. The van der Waals surface area contributed by atoms with Crippen LogP contribution in [0, 0.1) is 11.8 Å². The van der Waals surface area contributed by atoms with E-state index in [1.807, 2.05) is 60.7 Å². The molecule has 2 aliphatic rings. The summed E-state index contributed by atoms with van der Waals surface area (Å²) in [5.41, 5.74) is 4.43. The van der Waals surface area contributed by atoms with E-state index in [9.17, 15) is 9.90 Å². The molecule has 0 radical (unpaired) electrons. The van der Waals surface area contributed by atoms with Gasteiger partial charge in [0.1, 0.15) is 36.2 Å². The summed E-state index contributed by atoms with van der Waals surface area (Å²) in [5, 5.41) is 10.1. The molecule has 0 bridgehead atoms. The summed E-state index contributed by atoms with van der Waals surface area (Å²) >= 11 is 0. The maximum atomic E-state index is 11.7. The first-order valence-corrected chi connectivity index (χ1v) is 18.6. The second-order valence-corrected chi connectivity index (χ2v) is 13.6. The van der Waals surface area contributed by atoms with Crippen LogP contribution in [0.1, 0.15) is 93.4 Å². The van der Waals surface area contributed by atoms with Crippen LogP contribution in [0.3, 0.4) is 0 Å². The fraction of sp³-hybridized carbons (Fsp3) is 0.432. The number of hydrogen-bond acceptors (Lipinski definition) is 6. The second-order valence-electron chi connectivity index (χ2n) is 13.6. The van der Waals surface area contributed by atoms with Gasteiger partial charge in [-0.2, -0.15) is 0 Å². The zero-order valence-corrected chi connectivity index (χ0v) is 29.7. The SMILES string of the molecule is CCOC(=O)COc1ccc(OCc2ccccc2)cc1CC1CCCCC1.Oc1ccc(OCc2ccccc2)cc1CC1CCCCC1. The van der Waals surface area contributed by atoms with Crippen LogP contribution in [0.15, 0.2) is 97.1 Å². The zero-order valence-electron chi connectivity index (χ0n) is 29.7. The van der Waals surface area contributed by atoms with Crippen molar-refractivity contribution in [2.24, 2.45) is 11.8 Å². The Morgan fingerprint density at radius 2 is 1.12 bits per heavy atom. The van der Waals surface area contributed by atoms with E-state index in [4.69, 9.17) is 18.9 Å². The van der Waals surface area contributed by atoms with Crippen molar-refractivity contribution in [2.75, 3.05) is 13.2 Å². The summed E-state index contributed by atoms with van der Waals surface area (Å²) in [4.78, 5) is 11.7. The first-order chi connectivity index (χ1) is 24.6. The Labute approximate surface area is 298 Å². The van der Waals surface area contributed by atoms with Crippen LogP contribution in [0.4, 0.5) is 0 Å². The van der Waals surface area contributed by atoms with Crippen LogP contribution >= 0.6 is 0 Å². The van der Waals surface area contributed by atoms with E-state index < -0.39 is 0 Å². The largest absolute Gasteiger partial charge is 0.508 e. The fourth-order valence-corrected chi connectivity index (χ4v) is 6.99. The predicted octanol–water partition coefficient (Wildman–Crippen LogP) is 10.4. The molecule has 0 saturated heterocycles. The lowest BCUT2D eigenvalue weighted by Gasteiger charge is -2.23. The van der Waals surface area contributed by atoms with E-state index in [1.54, 1.807) is 13.0 Å². The molecule has 0 aliphatic heterocycles. The van der Waals surface area contributed by atoms with Gasteiger partial charge in [-0.25, -0.2) is 4.79 Å². The molecule has 0 unspecified atom stereocenters. The van der Waals surface area contributed by atoms with Gasteiger partial charge in [0.05, 0.1) is 6.61 Å². The Morgan fingerprint density at radius 1 is 0.620 bits per heavy atom. The summed E-state index contributed by atoms with van der Waals surface area (Å²) in [6.45, 7) is 3.20. The molecule has 4 aromatic rings. The van der Waals surface area contributed by atoms with Gasteiger partial charge < -0.3 is 24.1 Å². The van der Waals surface area contributed by atoms with E-state index >= 15 is 0 Å². The lowest BCUT2D eigenvalue weighted by atomic mass is 9.84. The van der Waals surface area contributed by atoms with Gasteiger partial charge in [0.25, 0.3) is 0 Å². The number of carbonyl (C=O) groups is 1. The van der Waals surface area contributed by atoms with Crippen molar-refractivity contribution in [1.29, 1.82) is 0 Å². The van der Waals surface area contributed by atoms with E-state index in [1.165, 1.54) is 64.2 Å². The number of hydrogen-bond donors (Lipinski definition) is 1. The molecular weight excluding hydrogens is 624 g/mol. The lowest BCUT2D eigenvalue weighted by molar-refractivity contribution is -0.145. The van der Waals surface area contributed by atoms with Crippen LogP contribution in [0.2, 0.25) is 0 Å². The molecule has 4 aromatic carbocycles. The molecule has 1 N–H and O–H groups in total. The molecule has 50 heavy (non-hydrogen) atoms. The van der Waals surface area contributed by atoms with Crippen LogP contribution in [0.25, 0.3) is 0 Å². The third-order valence-corrected chi connectivity index (χ3v) is 9.70. The topological polar surface area (TPSA) is 74.2 Å². The Bertz CT molecular complexity index is 1560. The highest BCUT2D eigenvalue weighted by Crippen LogP contribution is 2.34. The number of phenolic OH excluding ortho intramolecular Hbond substituents is 1. The maximum Gasteiger partial charge on any atom is 0.344 e. The molecule has 266 valence electrons. The molecule has 6 rings (SSSR count). The van der Waals surface area contributed by atoms with Crippen molar-refractivity contribution in [3.63, 3.8) is 0 Å². The highest BCUT2D eigenvalue weighted by atomic mass is 16.6. The molecule has 2 aliphatic carbocycles. The molecule has 0 atom stereocenters. The molecule has 0 heterocycles. The minimum atomic E-state index is -0.337. The molecule has 2 fully saturated rings. The van der Waals surface area contributed by atoms with Crippen molar-refractivity contribution < 1.29 is 28.8 Å². The smallest absolute Gasteiger partial charge is 0.344 e. The minimum absolute atomic E-state index is 0.0598. The monoisotopic (exact) mass is 678 g/mol. The average Bonchev–Trinajstić information content (AvgIpc) is 3.16. The molecule has 0 aromatic heterocycles. The van der Waals surface area contributed by atoms with Crippen LogP contribution in [-0.4, -0.2) is 24.3 Å². The fourth-order valence-electron chi connectivity index (χ4n) is 6.99. The van der Waals surface area contributed by atoms with Gasteiger partial charge in [0, 0.05) is 0 Å². The number of carbonyl (C=O) groups excluding carboxylic acids is 1. The summed E-state index contributed by atoms with van der Waals surface area (Å²) in [6.07, 6.45) is 15.0.